The Hall–Kier alpha value is -1.59. The van der Waals surface area contributed by atoms with E-state index in [2.05, 4.69) is 14.9 Å². The summed E-state index contributed by atoms with van der Waals surface area (Å²) in [5.74, 6) is 0.262. The first-order chi connectivity index (χ1) is 8.61. The number of benzene rings is 1. The maximum atomic E-state index is 10.9. The monoisotopic (exact) mass is 286 g/mol. The molecule has 7 heteroatoms. The number of rotatable bonds is 4. The van der Waals surface area contributed by atoms with Crippen molar-refractivity contribution in [2.45, 2.75) is 13.5 Å². The molecule has 1 heterocycles. The van der Waals surface area contributed by atoms with Gasteiger partial charge in [-0.2, -0.15) is 0 Å². The van der Waals surface area contributed by atoms with Gasteiger partial charge in [0.05, 0.1) is 10.6 Å². The maximum absolute atomic E-state index is 10.9. The lowest BCUT2D eigenvalue weighted by molar-refractivity contribution is 0.111. The number of carbonyl (C=O) groups is 1. The Kier molecular flexibility index (Phi) is 3.84. The van der Waals surface area contributed by atoms with Crippen LogP contribution in [-0.2, 0) is 6.61 Å². The zero-order chi connectivity index (χ0) is 13.1. The molecular weight excluding hydrogens is 279 g/mol. The van der Waals surface area contributed by atoms with Crippen molar-refractivity contribution in [3.63, 3.8) is 0 Å². The second kappa shape index (κ2) is 5.37. The Balaban J connectivity index is 2.24. The number of aromatic nitrogens is 2. The lowest BCUT2D eigenvalue weighted by atomic mass is 10.2. The van der Waals surface area contributed by atoms with Crippen LogP contribution in [0.4, 0.5) is 0 Å². The average molecular weight is 287 g/mol. The molecule has 5 nitrogen and oxygen atoms in total. The van der Waals surface area contributed by atoms with Gasteiger partial charge in [0, 0.05) is 5.02 Å². The lowest BCUT2D eigenvalue weighted by Gasteiger charge is -2.09. The molecule has 2 rings (SSSR count). The van der Waals surface area contributed by atoms with Gasteiger partial charge in [-0.3, -0.25) is 4.79 Å². The minimum atomic E-state index is 0.109. The number of hydrogen-bond acceptors (Lipinski definition) is 5. The number of aryl methyl sites for hydroxylation is 1. The lowest BCUT2D eigenvalue weighted by Crippen LogP contribution is -2.01. The van der Waals surface area contributed by atoms with Crippen molar-refractivity contribution in [1.29, 1.82) is 0 Å². The molecule has 0 radical (unpaired) electrons. The summed E-state index contributed by atoms with van der Waals surface area (Å²) >= 11 is 11.8. The smallest absolute Gasteiger partial charge is 0.153 e. The molecule has 0 amide bonds. The van der Waals surface area contributed by atoms with Crippen LogP contribution in [0.1, 0.15) is 21.7 Å². The van der Waals surface area contributed by atoms with Crippen LogP contribution in [0, 0.1) is 6.92 Å². The molecule has 0 fully saturated rings. The summed E-state index contributed by atoms with van der Waals surface area (Å²) in [6.07, 6.45) is 0.626. The Morgan fingerprint density at radius 2 is 2.17 bits per heavy atom. The molecule has 0 spiro atoms. The highest BCUT2D eigenvalue weighted by molar-refractivity contribution is 6.36. The third-order valence-corrected chi connectivity index (χ3v) is 2.76. The molecule has 0 atom stereocenters. The second-order valence-electron chi connectivity index (χ2n) is 3.51. The summed E-state index contributed by atoms with van der Waals surface area (Å²) in [4.78, 5) is 10.9. The number of aldehydes is 1. The molecule has 0 aliphatic rings. The normalized spacial score (nSPS) is 10.4. The van der Waals surface area contributed by atoms with E-state index in [0.717, 1.165) is 0 Å². The molecule has 0 N–H and O–H groups in total. The molecule has 0 aliphatic heterocycles. The summed E-state index contributed by atoms with van der Waals surface area (Å²) in [7, 11) is 0. The van der Waals surface area contributed by atoms with Crippen LogP contribution in [-0.4, -0.2) is 16.6 Å². The Bertz CT molecular complexity index is 584. The van der Waals surface area contributed by atoms with Gasteiger partial charge in [-0.25, -0.2) is 4.63 Å². The van der Waals surface area contributed by atoms with Crippen LogP contribution in [0.15, 0.2) is 16.8 Å². The van der Waals surface area contributed by atoms with Gasteiger partial charge in [0.15, 0.2) is 6.29 Å². The summed E-state index contributed by atoms with van der Waals surface area (Å²) in [6, 6.07) is 2.98. The van der Waals surface area contributed by atoms with Crippen molar-refractivity contribution >= 4 is 29.5 Å². The SMILES string of the molecule is Cc1nonc1COc1c(Cl)cc(Cl)cc1C=O. The molecule has 0 saturated heterocycles. The summed E-state index contributed by atoms with van der Waals surface area (Å²) in [5, 5.41) is 7.92. The van der Waals surface area contributed by atoms with Gasteiger partial charge >= 0.3 is 0 Å². The van der Waals surface area contributed by atoms with Crippen molar-refractivity contribution in [2.24, 2.45) is 0 Å². The summed E-state index contributed by atoms with van der Waals surface area (Å²) < 4.78 is 9.99. The zero-order valence-electron chi connectivity index (χ0n) is 9.31. The van der Waals surface area contributed by atoms with Gasteiger partial charge in [-0.15, -0.1) is 0 Å². The van der Waals surface area contributed by atoms with Gasteiger partial charge in [-0.05, 0) is 19.1 Å². The summed E-state index contributed by atoms with van der Waals surface area (Å²) in [5.41, 5.74) is 1.44. The fraction of sp³-hybridized carbons (Fsp3) is 0.182. The van der Waals surface area contributed by atoms with Gasteiger partial charge in [-0.1, -0.05) is 33.5 Å². The van der Waals surface area contributed by atoms with Crippen molar-refractivity contribution < 1.29 is 14.2 Å². The van der Waals surface area contributed by atoms with Crippen LogP contribution >= 0.6 is 23.2 Å². The highest BCUT2D eigenvalue weighted by atomic mass is 35.5. The topological polar surface area (TPSA) is 65.2 Å². The first-order valence-corrected chi connectivity index (χ1v) is 5.72. The van der Waals surface area contributed by atoms with Crippen LogP contribution in [0.5, 0.6) is 5.75 Å². The van der Waals surface area contributed by atoms with Crippen LogP contribution < -0.4 is 4.74 Å². The van der Waals surface area contributed by atoms with Gasteiger partial charge in [0.1, 0.15) is 23.7 Å². The van der Waals surface area contributed by atoms with Crippen LogP contribution in [0.2, 0.25) is 10.0 Å². The zero-order valence-corrected chi connectivity index (χ0v) is 10.8. The molecule has 1 aromatic heterocycles. The third-order valence-electron chi connectivity index (χ3n) is 2.26. The molecule has 0 unspecified atom stereocenters. The fourth-order valence-corrected chi connectivity index (χ4v) is 1.90. The fourth-order valence-electron chi connectivity index (χ4n) is 1.34. The number of hydrogen-bond donors (Lipinski definition) is 0. The van der Waals surface area contributed by atoms with E-state index in [0.29, 0.717) is 22.7 Å². The van der Waals surface area contributed by atoms with Gasteiger partial charge in [0.2, 0.25) is 0 Å². The number of ether oxygens (including phenoxy) is 1. The summed E-state index contributed by atoms with van der Waals surface area (Å²) in [6.45, 7) is 1.84. The minimum absolute atomic E-state index is 0.109. The van der Waals surface area contributed by atoms with E-state index in [4.69, 9.17) is 27.9 Å². The first-order valence-electron chi connectivity index (χ1n) is 4.97. The van der Waals surface area contributed by atoms with Crippen LogP contribution in [0.25, 0.3) is 0 Å². The quantitative estimate of drug-likeness (QED) is 0.808. The van der Waals surface area contributed by atoms with Gasteiger partial charge in [0.25, 0.3) is 0 Å². The second-order valence-corrected chi connectivity index (χ2v) is 4.35. The minimum Gasteiger partial charge on any atom is -0.485 e. The van der Waals surface area contributed by atoms with Crippen molar-refractivity contribution in [2.75, 3.05) is 0 Å². The average Bonchev–Trinajstić information content (AvgIpc) is 2.73. The molecule has 18 heavy (non-hydrogen) atoms. The standard InChI is InChI=1S/C11H8Cl2N2O3/c1-6-10(15-18-14-6)5-17-11-7(4-16)2-8(12)3-9(11)13/h2-4H,5H2,1H3. The van der Waals surface area contributed by atoms with E-state index < -0.39 is 0 Å². The van der Waals surface area contributed by atoms with E-state index in [1.807, 2.05) is 0 Å². The van der Waals surface area contributed by atoms with Crippen molar-refractivity contribution in [3.05, 3.63) is 39.1 Å². The van der Waals surface area contributed by atoms with E-state index in [1.165, 1.54) is 12.1 Å². The largest absolute Gasteiger partial charge is 0.485 e. The van der Waals surface area contributed by atoms with E-state index >= 15 is 0 Å². The van der Waals surface area contributed by atoms with E-state index in [1.54, 1.807) is 6.92 Å². The predicted octanol–water partition coefficient (Wildman–Crippen LogP) is 3.08. The first kappa shape index (κ1) is 12.9. The number of carbonyl (C=O) groups excluding carboxylic acids is 1. The highest BCUT2D eigenvalue weighted by Crippen LogP contribution is 2.32. The maximum Gasteiger partial charge on any atom is 0.153 e. The third kappa shape index (κ3) is 2.63. The highest BCUT2D eigenvalue weighted by Gasteiger charge is 2.12. The molecule has 0 bridgehead atoms. The van der Waals surface area contributed by atoms with E-state index in [9.17, 15) is 4.79 Å². The molecule has 0 aliphatic carbocycles. The van der Waals surface area contributed by atoms with E-state index in [-0.39, 0.29) is 22.9 Å². The molecule has 1 aromatic carbocycles. The molecule has 0 saturated carbocycles. The van der Waals surface area contributed by atoms with Gasteiger partial charge < -0.3 is 4.74 Å². The molecular formula is C11H8Cl2N2O3. The number of halogens is 2. The Morgan fingerprint density at radius 1 is 1.39 bits per heavy atom. The Morgan fingerprint density at radius 3 is 2.78 bits per heavy atom. The van der Waals surface area contributed by atoms with Crippen molar-refractivity contribution in [1.82, 2.24) is 10.3 Å². The molecule has 94 valence electrons. The van der Waals surface area contributed by atoms with Crippen LogP contribution in [0.3, 0.4) is 0 Å². The van der Waals surface area contributed by atoms with Crippen molar-refractivity contribution in [3.8, 4) is 5.75 Å². The predicted molar refractivity (Wildman–Crippen MR) is 65.2 cm³/mol. The number of nitrogens with zero attached hydrogens (tertiary/aromatic N) is 2. The molecule has 2 aromatic rings. The Labute approximate surface area is 113 Å².